The zero-order valence-electron chi connectivity index (χ0n) is 14.0. The molecule has 2 N–H and O–H groups in total. The van der Waals surface area contributed by atoms with Crippen molar-refractivity contribution in [2.24, 2.45) is 0 Å². The van der Waals surface area contributed by atoms with Crippen molar-refractivity contribution in [3.05, 3.63) is 71.8 Å². The minimum atomic E-state index is -0.152. The van der Waals surface area contributed by atoms with Crippen LogP contribution in [0.5, 0.6) is 0 Å². The van der Waals surface area contributed by atoms with E-state index in [-0.39, 0.29) is 24.3 Å². The van der Waals surface area contributed by atoms with Gasteiger partial charge in [0.1, 0.15) is 0 Å². The van der Waals surface area contributed by atoms with E-state index in [0.717, 1.165) is 17.5 Å². The van der Waals surface area contributed by atoms with E-state index in [1.54, 1.807) is 0 Å². The van der Waals surface area contributed by atoms with Crippen molar-refractivity contribution in [1.29, 1.82) is 0 Å². The van der Waals surface area contributed by atoms with Gasteiger partial charge in [-0.2, -0.15) is 0 Å². The lowest BCUT2D eigenvalue weighted by Gasteiger charge is -2.18. The molecule has 0 aliphatic carbocycles. The van der Waals surface area contributed by atoms with Crippen LogP contribution in [0.3, 0.4) is 0 Å². The summed E-state index contributed by atoms with van der Waals surface area (Å²) in [5.74, 6) is -0.299. The first kappa shape index (κ1) is 17.7. The fraction of sp³-hybridized carbons (Fsp3) is 0.300. The summed E-state index contributed by atoms with van der Waals surface area (Å²) in [5.41, 5.74) is 2.18. The van der Waals surface area contributed by atoms with Gasteiger partial charge < -0.3 is 10.6 Å². The second kappa shape index (κ2) is 9.50. The van der Waals surface area contributed by atoms with Crippen molar-refractivity contribution in [1.82, 2.24) is 10.6 Å². The molecule has 0 fully saturated rings. The quantitative estimate of drug-likeness (QED) is 0.784. The van der Waals surface area contributed by atoms with Crippen LogP contribution in [0, 0.1) is 0 Å². The fourth-order valence-electron chi connectivity index (χ4n) is 2.56. The number of amides is 2. The van der Waals surface area contributed by atoms with E-state index in [2.05, 4.69) is 10.6 Å². The Hall–Kier alpha value is -2.62. The zero-order valence-corrected chi connectivity index (χ0v) is 14.0. The highest BCUT2D eigenvalue weighted by atomic mass is 16.2. The Kier molecular flexibility index (Phi) is 7.02. The summed E-state index contributed by atoms with van der Waals surface area (Å²) >= 11 is 0. The van der Waals surface area contributed by atoms with Gasteiger partial charge in [0, 0.05) is 18.9 Å². The Labute approximate surface area is 143 Å². The lowest BCUT2D eigenvalue weighted by molar-refractivity contribution is -0.126. The predicted octanol–water partition coefficient (Wildman–Crippen LogP) is 2.85. The predicted molar refractivity (Wildman–Crippen MR) is 95.7 cm³/mol. The molecular weight excluding hydrogens is 300 g/mol. The molecule has 126 valence electrons. The molecule has 4 heteroatoms. The van der Waals surface area contributed by atoms with Gasteiger partial charge in [0.25, 0.3) is 0 Å². The molecule has 24 heavy (non-hydrogen) atoms. The standard InChI is InChI=1S/C20H24N2O2/c1-2-13-21-20(24)15-22-19(23)14-18(16-9-5-3-6-10-16)17-11-7-4-8-12-17/h3-12,18H,2,13-15H2,1H3,(H,21,24)(H,22,23). The number of hydrogen-bond acceptors (Lipinski definition) is 2. The summed E-state index contributed by atoms with van der Waals surface area (Å²) in [4.78, 5) is 23.9. The molecule has 0 aliphatic rings. The maximum Gasteiger partial charge on any atom is 0.239 e. The molecule has 0 bridgehead atoms. The van der Waals surface area contributed by atoms with Gasteiger partial charge in [0.15, 0.2) is 0 Å². The minimum absolute atomic E-state index is 0.0221. The summed E-state index contributed by atoms with van der Waals surface area (Å²) < 4.78 is 0. The van der Waals surface area contributed by atoms with Gasteiger partial charge in [0.05, 0.1) is 6.54 Å². The molecule has 2 amide bonds. The molecule has 0 spiro atoms. The van der Waals surface area contributed by atoms with Gasteiger partial charge in [-0.25, -0.2) is 0 Å². The molecule has 0 atom stereocenters. The Morgan fingerprint density at radius 3 is 1.88 bits per heavy atom. The van der Waals surface area contributed by atoms with Crippen LogP contribution in [0.4, 0.5) is 0 Å². The SMILES string of the molecule is CCCNC(=O)CNC(=O)CC(c1ccccc1)c1ccccc1. The first-order valence-corrected chi connectivity index (χ1v) is 8.34. The van der Waals surface area contributed by atoms with Gasteiger partial charge >= 0.3 is 0 Å². The van der Waals surface area contributed by atoms with E-state index in [1.807, 2.05) is 67.6 Å². The molecule has 0 aromatic heterocycles. The molecule has 0 aliphatic heterocycles. The van der Waals surface area contributed by atoms with Gasteiger partial charge in [-0.1, -0.05) is 67.6 Å². The summed E-state index contributed by atoms with van der Waals surface area (Å²) in [6.07, 6.45) is 1.19. The van der Waals surface area contributed by atoms with Crippen molar-refractivity contribution in [2.45, 2.75) is 25.7 Å². The smallest absolute Gasteiger partial charge is 0.239 e. The van der Waals surface area contributed by atoms with E-state index in [1.165, 1.54) is 0 Å². The van der Waals surface area contributed by atoms with Crippen LogP contribution in [0.25, 0.3) is 0 Å². The van der Waals surface area contributed by atoms with E-state index in [4.69, 9.17) is 0 Å². The van der Waals surface area contributed by atoms with Crippen LogP contribution in [0.15, 0.2) is 60.7 Å². The number of carbonyl (C=O) groups excluding carboxylic acids is 2. The van der Waals surface area contributed by atoms with E-state index < -0.39 is 0 Å². The number of carbonyl (C=O) groups is 2. The minimum Gasteiger partial charge on any atom is -0.355 e. The van der Waals surface area contributed by atoms with Gasteiger partial charge in [-0.05, 0) is 17.5 Å². The lowest BCUT2D eigenvalue weighted by atomic mass is 9.88. The number of nitrogens with one attached hydrogen (secondary N) is 2. The van der Waals surface area contributed by atoms with Crippen molar-refractivity contribution in [3.63, 3.8) is 0 Å². The average Bonchev–Trinajstić information content (AvgIpc) is 2.64. The molecule has 0 saturated heterocycles. The van der Waals surface area contributed by atoms with Gasteiger partial charge in [-0.15, -0.1) is 0 Å². The second-order valence-corrected chi connectivity index (χ2v) is 5.70. The van der Waals surface area contributed by atoms with Gasteiger partial charge in [-0.3, -0.25) is 9.59 Å². The number of hydrogen-bond donors (Lipinski definition) is 2. The Balaban J connectivity index is 2.01. The summed E-state index contributed by atoms with van der Waals surface area (Å²) in [5, 5.41) is 5.46. The van der Waals surface area contributed by atoms with Gasteiger partial charge in [0.2, 0.25) is 11.8 Å². The van der Waals surface area contributed by atoms with Crippen molar-refractivity contribution < 1.29 is 9.59 Å². The van der Waals surface area contributed by atoms with E-state index >= 15 is 0 Å². The van der Waals surface area contributed by atoms with Crippen molar-refractivity contribution in [3.8, 4) is 0 Å². The van der Waals surface area contributed by atoms with Crippen LogP contribution >= 0.6 is 0 Å². The third-order valence-corrected chi connectivity index (χ3v) is 3.81. The lowest BCUT2D eigenvalue weighted by Crippen LogP contribution is -2.37. The molecule has 0 saturated carbocycles. The van der Waals surface area contributed by atoms with Crippen molar-refractivity contribution >= 4 is 11.8 Å². The fourth-order valence-corrected chi connectivity index (χ4v) is 2.56. The van der Waals surface area contributed by atoms with Crippen molar-refractivity contribution in [2.75, 3.05) is 13.1 Å². The molecule has 0 radical (unpaired) electrons. The second-order valence-electron chi connectivity index (χ2n) is 5.70. The molecule has 2 aromatic carbocycles. The average molecular weight is 324 g/mol. The maximum atomic E-state index is 12.3. The molecule has 2 rings (SSSR count). The van der Waals surface area contributed by atoms with Crippen LogP contribution in [0.2, 0.25) is 0 Å². The Morgan fingerprint density at radius 1 is 0.833 bits per heavy atom. The molecular formula is C20H24N2O2. The number of rotatable bonds is 8. The Bertz CT molecular complexity index is 602. The first-order valence-electron chi connectivity index (χ1n) is 8.34. The van der Waals surface area contributed by atoms with Crippen LogP contribution < -0.4 is 10.6 Å². The highest BCUT2D eigenvalue weighted by Gasteiger charge is 2.18. The molecule has 0 heterocycles. The first-order chi connectivity index (χ1) is 11.7. The van der Waals surface area contributed by atoms with Crippen LogP contribution in [0.1, 0.15) is 36.8 Å². The zero-order chi connectivity index (χ0) is 17.2. The largest absolute Gasteiger partial charge is 0.355 e. The van der Waals surface area contributed by atoms with Crippen LogP contribution in [-0.4, -0.2) is 24.9 Å². The topological polar surface area (TPSA) is 58.2 Å². The monoisotopic (exact) mass is 324 g/mol. The summed E-state index contributed by atoms with van der Waals surface area (Å²) in [6.45, 7) is 2.64. The molecule has 2 aromatic rings. The molecule has 4 nitrogen and oxygen atoms in total. The Morgan fingerprint density at radius 2 is 1.38 bits per heavy atom. The third-order valence-electron chi connectivity index (χ3n) is 3.81. The normalized spacial score (nSPS) is 10.4. The highest BCUT2D eigenvalue weighted by Crippen LogP contribution is 2.27. The summed E-state index contributed by atoms with van der Waals surface area (Å²) in [6, 6.07) is 19.9. The van der Waals surface area contributed by atoms with E-state index in [0.29, 0.717) is 13.0 Å². The van der Waals surface area contributed by atoms with E-state index in [9.17, 15) is 9.59 Å². The molecule has 0 unspecified atom stereocenters. The van der Waals surface area contributed by atoms with Crippen LogP contribution in [-0.2, 0) is 9.59 Å². The maximum absolute atomic E-state index is 12.3. The number of benzene rings is 2. The third kappa shape index (κ3) is 5.54. The highest BCUT2D eigenvalue weighted by molar-refractivity contribution is 5.85. The summed E-state index contributed by atoms with van der Waals surface area (Å²) in [7, 11) is 0.